The first kappa shape index (κ1) is 9.05. The lowest BCUT2D eigenvalue weighted by Gasteiger charge is -2.03. The molecule has 66 valence electrons. The summed E-state index contributed by atoms with van der Waals surface area (Å²) >= 11 is 1.37. The molecule has 0 fully saturated rings. The average Bonchev–Trinajstić information content (AvgIpc) is 2.35. The second-order valence-electron chi connectivity index (χ2n) is 2.42. The van der Waals surface area contributed by atoms with Crippen LogP contribution < -0.4 is 5.73 Å². The van der Waals surface area contributed by atoms with Gasteiger partial charge in [0.1, 0.15) is 11.7 Å². The van der Waals surface area contributed by atoms with E-state index in [1.165, 1.54) is 11.8 Å². The predicted molar refractivity (Wildman–Crippen MR) is 48.4 cm³/mol. The Morgan fingerprint density at radius 3 is 2.83 bits per heavy atom. The standard InChI is InChI=1S/C6H11N5S/c1-3(5(7)8)12-6-9-4(2)10-11-6/h3H,1-2H3,(H3,7,8)(H,9,10,11). The summed E-state index contributed by atoms with van der Waals surface area (Å²) in [6, 6.07) is 0. The average molecular weight is 185 g/mol. The number of thioether (sulfide) groups is 1. The van der Waals surface area contributed by atoms with Crippen LogP contribution in [0.3, 0.4) is 0 Å². The van der Waals surface area contributed by atoms with Crippen LogP contribution in [-0.2, 0) is 0 Å². The van der Waals surface area contributed by atoms with E-state index in [4.69, 9.17) is 11.1 Å². The molecule has 6 heteroatoms. The Kier molecular flexibility index (Phi) is 2.69. The Morgan fingerprint density at radius 2 is 2.42 bits per heavy atom. The van der Waals surface area contributed by atoms with Crippen LogP contribution >= 0.6 is 11.8 Å². The van der Waals surface area contributed by atoms with Crippen LogP contribution in [0.1, 0.15) is 12.7 Å². The van der Waals surface area contributed by atoms with Crippen LogP contribution in [-0.4, -0.2) is 26.3 Å². The van der Waals surface area contributed by atoms with Crippen LogP contribution in [0.4, 0.5) is 0 Å². The molecule has 0 aliphatic carbocycles. The van der Waals surface area contributed by atoms with Crippen LogP contribution in [0.25, 0.3) is 0 Å². The van der Waals surface area contributed by atoms with Crippen LogP contribution in [0.5, 0.6) is 0 Å². The second kappa shape index (κ2) is 3.57. The quantitative estimate of drug-likeness (QED) is 0.364. The Hall–Kier alpha value is -1.04. The summed E-state index contributed by atoms with van der Waals surface area (Å²) < 4.78 is 0. The number of nitrogens with zero attached hydrogens (tertiary/aromatic N) is 2. The lowest BCUT2D eigenvalue weighted by Crippen LogP contribution is -2.21. The third kappa shape index (κ3) is 2.23. The highest BCUT2D eigenvalue weighted by Gasteiger charge is 2.09. The van der Waals surface area contributed by atoms with Crippen molar-refractivity contribution in [3.63, 3.8) is 0 Å². The van der Waals surface area contributed by atoms with E-state index in [1.54, 1.807) is 0 Å². The zero-order valence-electron chi connectivity index (χ0n) is 6.96. The number of amidine groups is 1. The summed E-state index contributed by atoms with van der Waals surface area (Å²) in [6.07, 6.45) is 0. The van der Waals surface area contributed by atoms with Crippen molar-refractivity contribution in [2.24, 2.45) is 5.73 Å². The molecule has 0 aromatic carbocycles. The first-order valence-electron chi connectivity index (χ1n) is 3.49. The fourth-order valence-corrected chi connectivity index (χ4v) is 1.33. The molecule has 1 aromatic rings. The van der Waals surface area contributed by atoms with Crippen molar-refractivity contribution in [2.45, 2.75) is 24.3 Å². The molecule has 1 rings (SSSR count). The number of aromatic nitrogens is 3. The summed E-state index contributed by atoms with van der Waals surface area (Å²) in [5, 5.41) is 14.3. The van der Waals surface area contributed by atoms with Crippen molar-refractivity contribution >= 4 is 17.6 Å². The van der Waals surface area contributed by atoms with Gasteiger partial charge in [-0.05, 0) is 13.8 Å². The van der Waals surface area contributed by atoms with Crippen molar-refractivity contribution in [3.05, 3.63) is 5.82 Å². The van der Waals surface area contributed by atoms with E-state index in [0.29, 0.717) is 5.16 Å². The summed E-state index contributed by atoms with van der Waals surface area (Å²) in [6.45, 7) is 3.67. The van der Waals surface area contributed by atoms with Gasteiger partial charge in [0.2, 0.25) is 5.16 Å². The minimum Gasteiger partial charge on any atom is -0.387 e. The predicted octanol–water partition coefficient (Wildman–Crippen LogP) is 0.530. The number of rotatable bonds is 3. The number of nitrogens with one attached hydrogen (secondary N) is 2. The molecule has 4 N–H and O–H groups in total. The van der Waals surface area contributed by atoms with Crippen molar-refractivity contribution in [1.82, 2.24) is 15.2 Å². The maximum atomic E-state index is 7.15. The SMILES string of the molecule is Cc1nc(SC(C)C(=N)N)n[nH]1. The molecule has 1 atom stereocenters. The van der Waals surface area contributed by atoms with Gasteiger partial charge in [-0.25, -0.2) is 4.98 Å². The molecule has 0 saturated carbocycles. The molecular weight excluding hydrogens is 174 g/mol. The maximum absolute atomic E-state index is 7.15. The van der Waals surface area contributed by atoms with Gasteiger partial charge in [-0.1, -0.05) is 11.8 Å². The Morgan fingerprint density at radius 1 is 1.75 bits per heavy atom. The third-order valence-corrected chi connectivity index (χ3v) is 2.30. The number of aryl methyl sites for hydroxylation is 1. The first-order valence-corrected chi connectivity index (χ1v) is 4.37. The molecule has 1 unspecified atom stereocenters. The van der Waals surface area contributed by atoms with Gasteiger partial charge < -0.3 is 5.73 Å². The third-order valence-electron chi connectivity index (χ3n) is 1.30. The highest BCUT2D eigenvalue weighted by molar-refractivity contribution is 8.00. The molecule has 0 aliphatic heterocycles. The number of H-pyrrole nitrogens is 1. The molecule has 1 heterocycles. The monoisotopic (exact) mass is 185 g/mol. The molecule has 0 bridgehead atoms. The summed E-state index contributed by atoms with van der Waals surface area (Å²) in [5.41, 5.74) is 5.29. The number of aromatic amines is 1. The minimum absolute atomic E-state index is 0.0693. The van der Waals surface area contributed by atoms with E-state index in [2.05, 4.69) is 15.2 Å². The Labute approximate surface area is 74.7 Å². The molecule has 0 aliphatic rings. The second-order valence-corrected chi connectivity index (χ2v) is 3.73. The molecule has 0 saturated heterocycles. The van der Waals surface area contributed by atoms with Crippen molar-refractivity contribution in [3.8, 4) is 0 Å². The van der Waals surface area contributed by atoms with Gasteiger partial charge in [-0.15, -0.1) is 5.10 Å². The maximum Gasteiger partial charge on any atom is 0.209 e. The zero-order valence-corrected chi connectivity index (χ0v) is 7.77. The normalized spacial score (nSPS) is 12.8. The summed E-state index contributed by atoms with van der Waals surface area (Å²) in [5.74, 6) is 0.913. The molecule has 12 heavy (non-hydrogen) atoms. The topological polar surface area (TPSA) is 91.4 Å². The van der Waals surface area contributed by atoms with Gasteiger partial charge in [-0.2, -0.15) is 0 Å². The van der Waals surface area contributed by atoms with Gasteiger partial charge in [0.15, 0.2) is 0 Å². The first-order chi connectivity index (χ1) is 5.59. The molecule has 0 spiro atoms. The lowest BCUT2D eigenvalue weighted by atomic mass is 10.4. The molecule has 0 amide bonds. The summed E-state index contributed by atoms with van der Waals surface area (Å²) in [4.78, 5) is 4.08. The number of hydrogen-bond donors (Lipinski definition) is 3. The van der Waals surface area contributed by atoms with E-state index in [1.807, 2.05) is 13.8 Å². The molecule has 5 nitrogen and oxygen atoms in total. The smallest absolute Gasteiger partial charge is 0.209 e. The van der Waals surface area contributed by atoms with Crippen molar-refractivity contribution in [1.29, 1.82) is 5.41 Å². The lowest BCUT2D eigenvalue weighted by molar-refractivity contribution is 0.966. The minimum atomic E-state index is -0.0693. The number of nitrogens with two attached hydrogens (primary N) is 1. The molecule has 0 radical (unpaired) electrons. The largest absolute Gasteiger partial charge is 0.387 e. The van der Waals surface area contributed by atoms with Gasteiger partial charge >= 0.3 is 0 Å². The molecular formula is C6H11N5S. The van der Waals surface area contributed by atoms with Crippen LogP contribution in [0, 0.1) is 12.3 Å². The van der Waals surface area contributed by atoms with E-state index < -0.39 is 0 Å². The van der Waals surface area contributed by atoms with E-state index >= 15 is 0 Å². The van der Waals surface area contributed by atoms with Crippen molar-refractivity contribution in [2.75, 3.05) is 0 Å². The Bertz CT molecular complexity index is 281. The van der Waals surface area contributed by atoms with Gasteiger partial charge in [0, 0.05) is 0 Å². The highest BCUT2D eigenvalue weighted by Crippen LogP contribution is 2.17. The van der Waals surface area contributed by atoms with E-state index in [9.17, 15) is 0 Å². The number of hydrogen-bond acceptors (Lipinski definition) is 4. The van der Waals surface area contributed by atoms with Gasteiger partial charge in [0.25, 0.3) is 0 Å². The van der Waals surface area contributed by atoms with Crippen molar-refractivity contribution < 1.29 is 0 Å². The van der Waals surface area contributed by atoms with E-state index in [-0.39, 0.29) is 11.1 Å². The summed E-state index contributed by atoms with van der Waals surface area (Å²) in [7, 11) is 0. The van der Waals surface area contributed by atoms with E-state index in [0.717, 1.165) is 5.82 Å². The fraction of sp³-hybridized carbons (Fsp3) is 0.500. The molecule has 1 aromatic heterocycles. The zero-order chi connectivity index (χ0) is 9.14. The van der Waals surface area contributed by atoms with Crippen LogP contribution in [0.2, 0.25) is 0 Å². The van der Waals surface area contributed by atoms with Crippen LogP contribution in [0.15, 0.2) is 5.16 Å². The van der Waals surface area contributed by atoms with Gasteiger partial charge in [0.05, 0.1) is 5.25 Å². The Balaban J connectivity index is 2.58. The van der Waals surface area contributed by atoms with Gasteiger partial charge in [-0.3, -0.25) is 10.5 Å². The fourth-order valence-electron chi connectivity index (χ4n) is 0.596. The highest BCUT2D eigenvalue weighted by atomic mass is 32.2.